The molecule has 0 radical (unpaired) electrons. The number of hydrogen-bond acceptors (Lipinski definition) is 9. The Kier molecular flexibility index (Phi) is 5.59. The monoisotopic (exact) mass is 414 g/mol. The molecule has 0 fully saturated rings. The van der Waals surface area contributed by atoms with Crippen molar-refractivity contribution in [1.82, 2.24) is 24.9 Å². The fraction of sp³-hybridized carbons (Fsp3) is 0.278. The van der Waals surface area contributed by atoms with Crippen molar-refractivity contribution >= 4 is 39.0 Å². The van der Waals surface area contributed by atoms with Gasteiger partial charge in [-0.05, 0) is 32.4 Å². The van der Waals surface area contributed by atoms with Gasteiger partial charge < -0.3 is 10.6 Å². The molecule has 0 unspecified atom stereocenters. The number of aromatic nitrogens is 5. The van der Waals surface area contributed by atoms with E-state index in [1.165, 1.54) is 17.7 Å². The van der Waals surface area contributed by atoms with Gasteiger partial charge in [0, 0.05) is 31.1 Å². The highest BCUT2D eigenvalue weighted by atomic mass is 32.2. The van der Waals surface area contributed by atoms with Gasteiger partial charge in [-0.15, -0.1) is 0 Å². The van der Waals surface area contributed by atoms with Crippen LogP contribution in [0, 0.1) is 20.8 Å². The van der Waals surface area contributed by atoms with Crippen LogP contribution in [0.2, 0.25) is 0 Å². The van der Waals surface area contributed by atoms with Crippen LogP contribution in [0.5, 0.6) is 0 Å². The molecule has 10 nitrogen and oxygen atoms in total. The highest BCUT2D eigenvalue weighted by Crippen LogP contribution is 2.30. The molecule has 0 saturated carbocycles. The lowest BCUT2D eigenvalue weighted by Gasteiger charge is -2.22. The Hall–Kier alpha value is -3.34. The zero-order chi connectivity index (χ0) is 21.2. The lowest BCUT2D eigenvalue weighted by atomic mass is 10.2. The smallest absolute Gasteiger partial charge is 0.232 e. The molecule has 0 aliphatic carbocycles. The van der Waals surface area contributed by atoms with Gasteiger partial charge in [-0.1, -0.05) is 0 Å². The van der Waals surface area contributed by atoms with Crippen LogP contribution in [0.3, 0.4) is 0 Å². The fourth-order valence-electron chi connectivity index (χ4n) is 2.73. The topological polar surface area (TPSA) is 126 Å². The Bertz CT molecular complexity index is 1130. The number of hydrogen-bond donors (Lipinski definition) is 2. The Morgan fingerprint density at radius 3 is 2.28 bits per heavy atom. The first-order chi connectivity index (χ1) is 13.6. The normalized spacial score (nSPS) is 11.2. The summed E-state index contributed by atoms with van der Waals surface area (Å²) in [6.07, 6.45) is 4.13. The molecule has 0 bridgehead atoms. The first-order valence-corrected chi connectivity index (χ1v) is 10.6. The molecule has 0 aromatic carbocycles. The summed E-state index contributed by atoms with van der Waals surface area (Å²) in [4.78, 5) is 21.3. The quantitative estimate of drug-likeness (QED) is 0.625. The van der Waals surface area contributed by atoms with Crippen molar-refractivity contribution in [3.8, 4) is 0 Å². The van der Waals surface area contributed by atoms with Crippen LogP contribution in [0.15, 0.2) is 30.7 Å². The number of pyridine rings is 1. The van der Waals surface area contributed by atoms with Gasteiger partial charge >= 0.3 is 0 Å². The number of sulfonamides is 1. The van der Waals surface area contributed by atoms with Crippen molar-refractivity contribution in [2.24, 2.45) is 0 Å². The maximum absolute atomic E-state index is 12.0. The first-order valence-electron chi connectivity index (χ1n) is 8.71. The predicted octanol–water partition coefficient (Wildman–Crippen LogP) is 2.47. The fourth-order valence-corrected chi connectivity index (χ4v) is 3.29. The first kappa shape index (κ1) is 20.4. The van der Waals surface area contributed by atoms with Crippen molar-refractivity contribution in [3.05, 3.63) is 47.8 Å². The van der Waals surface area contributed by atoms with Crippen molar-refractivity contribution in [2.45, 2.75) is 20.8 Å². The summed E-state index contributed by atoms with van der Waals surface area (Å²) in [7, 11) is -1.97. The van der Waals surface area contributed by atoms with Crippen molar-refractivity contribution in [3.63, 3.8) is 0 Å². The minimum absolute atomic E-state index is 0.372. The SMILES string of the molecule is Cc1cc(Nc2cc(Nc3nccc(C)c3N(C)S(C)(=O)=O)ncn2)nc(C)n1. The Morgan fingerprint density at radius 2 is 1.62 bits per heavy atom. The van der Waals surface area contributed by atoms with E-state index >= 15 is 0 Å². The van der Waals surface area contributed by atoms with E-state index in [0.717, 1.165) is 17.5 Å². The van der Waals surface area contributed by atoms with E-state index in [4.69, 9.17) is 0 Å². The van der Waals surface area contributed by atoms with Gasteiger partial charge in [0.05, 0.1) is 11.9 Å². The summed E-state index contributed by atoms with van der Waals surface area (Å²) in [5.74, 6) is 2.61. The number of anilines is 5. The Balaban J connectivity index is 1.90. The third-order valence-electron chi connectivity index (χ3n) is 4.07. The zero-order valence-corrected chi connectivity index (χ0v) is 17.6. The highest BCUT2D eigenvalue weighted by Gasteiger charge is 2.19. The zero-order valence-electron chi connectivity index (χ0n) is 16.8. The molecule has 3 aromatic rings. The third kappa shape index (κ3) is 4.93. The lowest BCUT2D eigenvalue weighted by Crippen LogP contribution is -2.26. The molecule has 0 saturated heterocycles. The van der Waals surface area contributed by atoms with Gasteiger partial charge in [-0.2, -0.15) is 0 Å². The van der Waals surface area contributed by atoms with Gasteiger partial charge in [0.15, 0.2) is 5.82 Å². The third-order valence-corrected chi connectivity index (χ3v) is 5.25. The molecule has 3 aromatic heterocycles. The molecule has 11 heteroatoms. The second-order valence-electron chi connectivity index (χ2n) is 6.54. The number of nitrogens with zero attached hydrogens (tertiary/aromatic N) is 6. The average Bonchev–Trinajstić information content (AvgIpc) is 2.60. The molecule has 152 valence electrons. The molecule has 0 atom stereocenters. The molecule has 3 heterocycles. The molecular formula is C18H22N8O2S. The second kappa shape index (κ2) is 7.95. The maximum atomic E-state index is 12.0. The molecular weight excluding hydrogens is 392 g/mol. The summed E-state index contributed by atoms with van der Waals surface area (Å²) in [6, 6.07) is 5.24. The van der Waals surface area contributed by atoms with Crippen LogP contribution in [-0.4, -0.2) is 46.6 Å². The van der Waals surface area contributed by atoms with E-state index in [-0.39, 0.29) is 0 Å². The minimum Gasteiger partial charge on any atom is -0.325 e. The van der Waals surface area contributed by atoms with Gasteiger partial charge in [-0.3, -0.25) is 4.31 Å². The minimum atomic E-state index is -3.46. The average molecular weight is 414 g/mol. The maximum Gasteiger partial charge on any atom is 0.232 e. The number of aryl methyl sites for hydroxylation is 3. The van der Waals surface area contributed by atoms with E-state index in [1.807, 2.05) is 26.8 Å². The standard InChI is InChI=1S/C18H22N8O2S/c1-11-6-7-19-18(17(11)26(4)29(5,27)28)25-15-9-14(20-10-21-15)24-16-8-12(2)22-13(3)23-16/h6-10H,1-5H3,(H2,19,20,21,22,23,24,25). The van der Waals surface area contributed by atoms with Crippen LogP contribution in [0.4, 0.5) is 29.0 Å². The van der Waals surface area contributed by atoms with E-state index in [1.54, 1.807) is 18.3 Å². The Morgan fingerprint density at radius 1 is 0.931 bits per heavy atom. The number of nitrogens with one attached hydrogen (secondary N) is 2. The molecule has 0 spiro atoms. The Labute approximate surface area is 169 Å². The predicted molar refractivity (Wildman–Crippen MR) is 112 cm³/mol. The van der Waals surface area contributed by atoms with Gasteiger partial charge in [0.25, 0.3) is 0 Å². The molecule has 2 N–H and O–H groups in total. The van der Waals surface area contributed by atoms with Crippen molar-refractivity contribution < 1.29 is 8.42 Å². The van der Waals surface area contributed by atoms with Crippen molar-refractivity contribution in [2.75, 3.05) is 28.2 Å². The molecule has 0 aliphatic heterocycles. The van der Waals surface area contributed by atoms with E-state index < -0.39 is 10.0 Å². The summed E-state index contributed by atoms with van der Waals surface area (Å²) in [6.45, 7) is 5.51. The van der Waals surface area contributed by atoms with E-state index in [2.05, 4.69) is 35.6 Å². The van der Waals surface area contributed by atoms with E-state index in [9.17, 15) is 8.42 Å². The lowest BCUT2D eigenvalue weighted by molar-refractivity contribution is 0.600. The molecule has 0 amide bonds. The van der Waals surface area contributed by atoms with Gasteiger partial charge in [0.1, 0.15) is 29.6 Å². The highest BCUT2D eigenvalue weighted by molar-refractivity contribution is 7.92. The molecule has 29 heavy (non-hydrogen) atoms. The van der Waals surface area contributed by atoms with Crippen LogP contribution in [0.25, 0.3) is 0 Å². The largest absolute Gasteiger partial charge is 0.325 e. The van der Waals surface area contributed by atoms with Crippen molar-refractivity contribution in [1.29, 1.82) is 0 Å². The van der Waals surface area contributed by atoms with Crippen LogP contribution in [0.1, 0.15) is 17.1 Å². The van der Waals surface area contributed by atoms with E-state index in [0.29, 0.717) is 34.8 Å². The summed E-state index contributed by atoms with van der Waals surface area (Å²) >= 11 is 0. The van der Waals surface area contributed by atoms with Crippen LogP contribution >= 0.6 is 0 Å². The second-order valence-corrected chi connectivity index (χ2v) is 8.55. The molecule has 3 rings (SSSR count). The van der Waals surface area contributed by atoms with Crippen LogP contribution in [-0.2, 0) is 10.0 Å². The summed E-state index contributed by atoms with van der Waals surface area (Å²) < 4.78 is 25.2. The van der Waals surface area contributed by atoms with Gasteiger partial charge in [0.2, 0.25) is 10.0 Å². The summed E-state index contributed by atoms with van der Waals surface area (Å²) in [5.41, 5.74) is 2.05. The molecule has 0 aliphatic rings. The number of rotatable bonds is 6. The van der Waals surface area contributed by atoms with Crippen LogP contribution < -0.4 is 14.9 Å². The summed E-state index contributed by atoms with van der Waals surface area (Å²) in [5, 5.41) is 6.19. The van der Waals surface area contributed by atoms with Gasteiger partial charge in [-0.25, -0.2) is 33.3 Å².